The minimum atomic E-state index is 0.903. The van der Waals surface area contributed by atoms with Gasteiger partial charge < -0.3 is 0 Å². The fourth-order valence-electron chi connectivity index (χ4n) is 0.931. The largest absolute Gasteiger partial charge is 0.249 e. The summed E-state index contributed by atoms with van der Waals surface area (Å²) >= 11 is 0. The molecule has 0 saturated heterocycles. The minimum absolute atomic E-state index is 0.903. The second-order valence-corrected chi connectivity index (χ2v) is 2.40. The summed E-state index contributed by atoms with van der Waals surface area (Å²) in [6, 6.07) is 3.97. The Balaban J connectivity index is 3.21. The summed E-state index contributed by atoms with van der Waals surface area (Å²) in [5.74, 6) is 0. The van der Waals surface area contributed by atoms with Gasteiger partial charge in [0.05, 0.1) is 11.4 Å². The Morgan fingerprint density at radius 1 is 1.18 bits per heavy atom. The molecule has 0 unspecified atom stereocenters. The van der Waals surface area contributed by atoms with E-state index in [1.165, 1.54) is 5.56 Å². The van der Waals surface area contributed by atoms with E-state index >= 15 is 0 Å². The topological polar surface area (TPSA) is 12.9 Å². The number of hydrogen-bond donors (Lipinski definition) is 0. The molecule has 0 radical (unpaired) electrons. The quantitative estimate of drug-likeness (QED) is 0.623. The molecular weight excluding hydrogens is 134 g/mol. The van der Waals surface area contributed by atoms with E-state index in [4.69, 9.17) is 0 Å². The van der Waals surface area contributed by atoms with Crippen LogP contribution in [0, 0.1) is 6.92 Å². The van der Waals surface area contributed by atoms with Gasteiger partial charge in [0.15, 0.2) is 0 Å². The third-order valence-corrected chi connectivity index (χ3v) is 1.43. The van der Waals surface area contributed by atoms with Gasteiger partial charge in [-0.05, 0) is 36.8 Å². The molecule has 56 valence electrons. The molecule has 0 fully saturated rings. The highest BCUT2D eigenvalue weighted by Gasteiger charge is 1.92. The van der Waals surface area contributed by atoms with Crippen LogP contribution in [0.5, 0.6) is 0 Å². The molecule has 0 aliphatic rings. The van der Waals surface area contributed by atoms with Crippen molar-refractivity contribution in [1.29, 1.82) is 0 Å². The van der Waals surface area contributed by atoms with Gasteiger partial charge in [0, 0.05) is 0 Å². The van der Waals surface area contributed by atoms with Crippen LogP contribution >= 0.6 is 0 Å². The maximum Gasteiger partial charge on any atom is 0.0633 e. The molecule has 0 N–H and O–H groups in total. The van der Waals surface area contributed by atoms with Crippen LogP contribution in [-0.4, -0.2) is 4.98 Å². The van der Waals surface area contributed by atoms with Gasteiger partial charge >= 0.3 is 0 Å². The Morgan fingerprint density at radius 3 is 2.00 bits per heavy atom. The van der Waals surface area contributed by atoms with Crippen molar-refractivity contribution in [3.8, 4) is 0 Å². The first-order chi connectivity index (χ1) is 5.26. The minimum Gasteiger partial charge on any atom is -0.249 e. The molecule has 1 heteroatoms. The Bertz CT molecular complexity index is 261. The maximum absolute atomic E-state index is 4.23. The van der Waals surface area contributed by atoms with E-state index in [-0.39, 0.29) is 0 Å². The van der Waals surface area contributed by atoms with Crippen molar-refractivity contribution in [1.82, 2.24) is 4.98 Å². The monoisotopic (exact) mass is 145 g/mol. The second-order valence-electron chi connectivity index (χ2n) is 2.40. The summed E-state index contributed by atoms with van der Waals surface area (Å²) in [5.41, 5.74) is 2.99. The third kappa shape index (κ3) is 1.77. The Labute approximate surface area is 67.1 Å². The van der Waals surface area contributed by atoms with Crippen molar-refractivity contribution in [3.63, 3.8) is 0 Å². The molecule has 1 aromatic heterocycles. The lowest BCUT2D eigenvalue weighted by Gasteiger charge is -1.97. The molecule has 0 aliphatic heterocycles. The first-order valence-electron chi connectivity index (χ1n) is 3.50. The summed E-state index contributed by atoms with van der Waals surface area (Å²) in [5, 5.41) is 0. The number of nitrogens with zero attached hydrogens (tertiary/aromatic N) is 1. The highest BCUT2D eigenvalue weighted by atomic mass is 14.7. The molecule has 0 spiro atoms. The Kier molecular flexibility index (Phi) is 2.21. The first-order valence-corrected chi connectivity index (χ1v) is 3.50. The van der Waals surface area contributed by atoms with Gasteiger partial charge in [-0.1, -0.05) is 13.2 Å². The van der Waals surface area contributed by atoms with Crippen LogP contribution in [-0.2, 0) is 0 Å². The van der Waals surface area contributed by atoms with Crippen LogP contribution in [0.2, 0.25) is 0 Å². The van der Waals surface area contributed by atoms with E-state index in [1.54, 1.807) is 12.2 Å². The zero-order valence-electron chi connectivity index (χ0n) is 6.67. The van der Waals surface area contributed by atoms with Crippen molar-refractivity contribution in [2.45, 2.75) is 6.92 Å². The maximum atomic E-state index is 4.23. The molecule has 1 heterocycles. The second kappa shape index (κ2) is 3.15. The van der Waals surface area contributed by atoms with E-state index < -0.39 is 0 Å². The van der Waals surface area contributed by atoms with Crippen molar-refractivity contribution >= 4 is 12.2 Å². The van der Waals surface area contributed by atoms with Crippen LogP contribution in [0.25, 0.3) is 12.2 Å². The summed E-state index contributed by atoms with van der Waals surface area (Å²) < 4.78 is 0. The molecule has 0 saturated carbocycles. The van der Waals surface area contributed by atoms with E-state index in [1.807, 2.05) is 19.1 Å². The molecule has 11 heavy (non-hydrogen) atoms. The van der Waals surface area contributed by atoms with Gasteiger partial charge in [0.25, 0.3) is 0 Å². The fraction of sp³-hybridized carbons (Fsp3) is 0.100. The fourth-order valence-corrected chi connectivity index (χ4v) is 0.931. The number of rotatable bonds is 2. The van der Waals surface area contributed by atoms with Gasteiger partial charge in [0.1, 0.15) is 0 Å². The molecule has 1 aromatic rings. The average Bonchev–Trinajstić information content (AvgIpc) is 2.03. The van der Waals surface area contributed by atoms with Gasteiger partial charge in [-0.2, -0.15) is 0 Å². The summed E-state index contributed by atoms with van der Waals surface area (Å²) in [6.45, 7) is 9.33. The van der Waals surface area contributed by atoms with Crippen LogP contribution in [0.3, 0.4) is 0 Å². The van der Waals surface area contributed by atoms with Crippen molar-refractivity contribution < 1.29 is 0 Å². The summed E-state index contributed by atoms with van der Waals surface area (Å²) in [7, 11) is 0. The summed E-state index contributed by atoms with van der Waals surface area (Å²) in [6.07, 6.45) is 3.47. The van der Waals surface area contributed by atoms with E-state index in [0.29, 0.717) is 0 Å². The number of hydrogen-bond acceptors (Lipinski definition) is 1. The standard InChI is InChI=1S/C10H11N/c1-4-9-6-8(3)7-10(5-2)11-9/h4-7H,1-2H2,3H3. The predicted octanol–water partition coefficient (Wildman–Crippen LogP) is 2.68. The predicted molar refractivity (Wildman–Crippen MR) is 49.2 cm³/mol. The molecule has 0 amide bonds. The van der Waals surface area contributed by atoms with E-state index in [2.05, 4.69) is 18.1 Å². The molecular formula is C10H11N. The van der Waals surface area contributed by atoms with Crippen molar-refractivity contribution in [3.05, 3.63) is 42.2 Å². The van der Waals surface area contributed by atoms with Crippen LogP contribution < -0.4 is 0 Å². The lowest BCUT2D eigenvalue weighted by Crippen LogP contribution is -1.86. The molecule has 1 rings (SSSR count). The number of aryl methyl sites for hydroxylation is 1. The number of pyridine rings is 1. The average molecular weight is 145 g/mol. The van der Waals surface area contributed by atoms with Crippen LogP contribution in [0.1, 0.15) is 17.0 Å². The van der Waals surface area contributed by atoms with Crippen LogP contribution in [0.4, 0.5) is 0 Å². The highest BCUT2D eigenvalue weighted by molar-refractivity contribution is 5.50. The smallest absolute Gasteiger partial charge is 0.0633 e. The lowest BCUT2D eigenvalue weighted by atomic mass is 10.2. The molecule has 0 aliphatic carbocycles. The van der Waals surface area contributed by atoms with Crippen molar-refractivity contribution in [2.75, 3.05) is 0 Å². The van der Waals surface area contributed by atoms with Crippen LogP contribution in [0.15, 0.2) is 25.3 Å². The molecule has 1 nitrogen and oxygen atoms in total. The zero-order valence-corrected chi connectivity index (χ0v) is 6.67. The van der Waals surface area contributed by atoms with Gasteiger partial charge in [-0.25, -0.2) is 4.98 Å². The Hall–Kier alpha value is -1.37. The first kappa shape index (κ1) is 7.73. The van der Waals surface area contributed by atoms with E-state index in [0.717, 1.165) is 11.4 Å². The highest BCUT2D eigenvalue weighted by Crippen LogP contribution is 2.06. The van der Waals surface area contributed by atoms with Gasteiger partial charge in [-0.3, -0.25) is 0 Å². The lowest BCUT2D eigenvalue weighted by molar-refractivity contribution is 1.23. The van der Waals surface area contributed by atoms with Gasteiger partial charge in [0.2, 0.25) is 0 Å². The van der Waals surface area contributed by atoms with E-state index in [9.17, 15) is 0 Å². The molecule has 0 bridgehead atoms. The normalized spacial score (nSPS) is 9.18. The SMILES string of the molecule is C=Cc1cc(C)cc(C=C)n1. The van der Waals surface area contributed by atoms with Gasteiger partial charge in [-0.15, -0.1) is 0 Å². The zero-order chi connectivity index (χ0) is 8.27. The van der Waals surface area contributed by atoms with Crippen molar-refractivity contribution in [2.24, 2.45) is 0 Å². The third-order valence-electron chi connectivity index (χ3n) is 1.43. The molecule has 0 aromatic carbocycles. The summed E-state index contributed by atoms with van der Waals surface area (Å²) in [4.78, 5) is 4.23. The Morgan fingerprint density at radius 2 is 1.64 bits per heavy atom. The molecule has 0 atom stereocenters. The number of aromatic nitrogens is 1.